The molecule has 0 radical (unpaired) electrons. The van der Waals surface area contributed by atoms with Gasteiger partial charge in [-0.25, -0.2) is 4.39 Å². The Kier molecular flexibility index (Phi) is 4.41. The van der Waals surface area contributed by atoms with Crippen molar-refractivity contribution >= 4 is 45.6 Å². The van der Waals surface area contributed by atoms with Crippen LogP contribution in [-0.4, -0.2) is 21.8 Å². The van der Waals surface area contributed by atoms with E-state index in [1.807, 2.05) is 12.1 Å². The molecule has 5 rings (SSSR count). The highest BCUT2D eigenvalue weighted by Gasteiger charge is 2.48. The topological polar surface area (TPSA) is 86.5 Å². The van der Waals surface area contributed by atoms with Crippen LogP contribution in [-0.2, 0) is 9.59 Å². The van der Waals surface area contributed by atoms with Gasteiger partial charge in [0, 0.05) is 28.4 Å². The molecule has 3 heterocycles. The molecule has 2 aromatic heterocycles. The molecule has 0 spiro atoms. The third-order valence-electron chi connectivity index (χ3n) is 5.28. The number of carbonyl (C=O) groups is 2. The minimum Gasteiger partial charge on any atom is -0.507 e. The van der Waals surface area contributed by atoms with Crippen molar-refractivity contribution in [3.05, 3.63) is 94.8 Å². The van der Waals surface area contributed by atoms with Crippen molar-refractivity contribution in [1.29, 1.82) is 0 Å². The Labute approximate surface area is 180 Å². The van der Waals surface area contributed by atoms with Gasteiger partial charge in [-0.05, 0) is 36.4 Å². The van der Waals surface area contributed by atoms with E-state index in [1.54, 1.807) is 30.5 Å². The Hall–Kier alpha value is -3.84. The number of nitrogens with zero attached hydrogens (tertiary/aromatic N) is 1. The predicted molar refractivity (Wildman–Crippen MR) is 113 cm³/mol. The summed E-state index contributed by atoms with van der Waals surface area (Å²) in [5.41, 5.74) is 1.21. The fraction of sp³-hybridized carbons (Fsp3) is 0.0435. The minimum absolute atomic E-state index is 0.134. The number of aromatic amines is 1. The Bertz CT molecular complexity index is 1370. The summed E-state index contributed by atoms with van der Waals surface area (Å²) >= 11 is 5.91. The first kappa shape index (κ1) is 19.1. The van der Waals surface area contributed by atoms with Gasteiger partial charge < -0.3 is 14.5 Å². The number of H-pyrrole nitrogens is 1. The number of carbonyl (C=O) groups excluding carboxylic acids is 2. The van der Waals surface area contributed by atoms with Crippen molar-refractivity contribution < 1.29 is 23.5 Å². The lowest BCUT2D eigenvalue weighted by molar-refractivity contribution is -0.132. The van der Waals surface area contributed by atoms with Gasteiger partial charge in [0.25, 0.3) is 11.7 Å². The smallest absolute Gasteiger partial charge is 0.300 e. The largest absolute Gasteiger partial charge is 0.507 e. The van der Waals surface area contributed by atoms with Crippen molar-refractivity contribution in [2.24, 2.45) is 0 Å². The van der Waals surface area contributed by atoms with Gasteiger partial charge in [-0.2, -0.15) is 0 Å². The number of para-hydroxylation sites is 1. The number of aliphatic hydroxyl groups excluding tert-OH is 1. The first-order chi connectivity index (χ1) is 15.0. The third-order valence-corrected chi connectivity index (χ3v) is 5.57. The summed E-state index contributed by atoms with van der Waals surface area (Å²) in [4.78, 5) is 30.2. The highest BCUT2D eigenvalue weighted by atomic mass is 35.5. The summed E-state index contributed by atoms with van der Waals surface area (Å²) in [6, 6.07) is 13.1. The van der Waals surface area contributed by atoms with Gasteiger partial charge in [-0.3, -0.25) is 14.5 Å². The maximum atomic E-state index is 13.7. The van der Waals surface area contributed by atoms with Gasteiger partial charge in [0.2, 0.25) is 0 Å². The standard InChI is InChI=1S/C23H14ClFN2O4/c24-15-10-12(7-8-16(15)25)27-20(18-6-3-9-31-18)19(22(29)23(27)30)21(28)14-11-26-17-5-2-1-4-13(14)17/h1-11,20,26,28H/b21-19-. The number of benzene rings is 2. The number of halogens is 2. The molecule has 2 N–H and O–H groups in total. The van der Waals surface area contributed by atoms with Crippen LogP contribution >= 0.6 is 11.6 Å². The van der Waals surface area contributed by atoms with Crippen LogP contribution in [0.2, 0.25) is 5.02 Å². The van der Waals surface area contributed by atoms with Gasteiger partial charge in [-0.15, -0.1) is 0 Å². The van der Waals surface area contributed by atoms with E-state index in [0.29, 0.717) is 10.9 Å². The van der Waals surface area contributed by atoms with Crippen molar-refractivity contribution in [2.75, 3.05) is 4.90 Å². The summed E-state index contributed by atoms with van der Waals surface area (Å²) in [6.45, 7) is 0. The molecule has 0 bridgehead atoms. The quantitative estimate of drug-likeness (QED) is 0.263. The lowest BCUT2D eigenvalue weighted by atomic mass is 9.99. The van der Waals surface area contributed by atoms with Crippen LogP contribution in [0.25, 0.3) is 16.7 Å². The third kappa shape index (κ3) is 2.93. The molecule has 8 heteroatoms. The lowest BCUT2D eigenvalue weighted by Crippen LogP contribution is -2.29. The second kappa shape index (κ2) is 7.14. The van der Waals surface area contributed by atoms with Gasteiger partial charge in [-0.1, -0.05) is 29.8 Å². The normalized spacial score (nSPS) is 18.3. The fourth-order valence-corrected chi connectivity index (χ4v) is 4.04. The Morgan fingerprint density at radius 3 is 2.68 bits per heavy atom. The summed E-state index contributed by atoms with van der Waals surface area (Å²) in [7, 11) is 0. The first-order valence-corrected chi connectivity index (χ1v) is 9.71. The lowest BCUT2D eigenvalue weighted by Gasteiger charge is -2.23. The maximum Gasteiger partial charge on any atom is 0.300 e. The Morgan fingerprint density at radius 2 is 1.94 bits per heavy atom. The Morgan fingerprint density at radius 1 is 1.13 bits per heavy atom. The molecule has 1 fully saturated rings. The molecule has 0 saturated carbocycles. The van der Waals surface area contributed by atoms with Gasteiger partial charge in [0.05, 0.1) is 16.9 Å². The average molecular weight is 437 g/mol. The molecule has 0 aliphatic carbocycles. The second-order valence-corrected chi connectivity index (χ2v) is 7.44. The highest BCUT2D eigenvalue weighted by Crippen LogP contribution is 2.43. The van der Waals surface area contributed by atoms with Crippen LogP contribution < -0.4 is 4.90 Å². The van der Waals surface area contributed by atoms with Crippen LogP contribution in [0.5, 0.6) is 0 Å². The molecule has 4 aromatic rings. The number of hydrogen-bond donors (Lipinski definition) is 2. The average Bonchev–Trinajstić information content (AvgIpc) is 3.49. The summed E-state index contributed by atoms with van der Waals surface area (Å²) in [5.74, 6) is -2.50. The van der Waals surface area contributed by atoms with Crippen molar-refractivity contribution in [3.8, 4) is 0 Å². The zero-order valence-corrected chi connectivity index (χ0v) is 16.6. The maximum absolute atomic E-state index is 13.7. The number of rotatable bonds is 3. The molecule has 1 aliphatic heterocycles. The zero-order valence-electron chi connectivity index (χ0n) is 15.8. The number of ketones is 1. The van der Waals surface area contributed by atoms with Crippen LogP contribution in [0, 0.1) is 5.82 Å². The predicted octanol–water partition coefficient (Wildman–Crippen LogP) is 5.18. The number of aromatic nitrogens is 1. The number of hydrogen-bond acceptors (Lipinski definition) is 4. The second-order valence-electron chi connectivity index (χ2n) is 7.03. The number of nitrogens with one attached hydrogen (secondary N) is 1. The number of furan rings is 1. The first-order valence-electron chi connectivity index (χ1n) is 9.33. The van der Waals surface area contributed by atoms with E-state index in [0.717, 1.165) is 16.5 Å². The number of amides is 1. The Balaban J connectivity index is 1.74. The summed E-state index contributed by atoms with van der Waals surface area (Å²) in [6.07, 6.45) is 2.97. The molecule has 1 amide bonds. The zero-order chi connectivity index (χ0) is 21.7. The van der Waals surface area contributed by atoms with E-state index in [2.05, 4.69) is 4.98 Å². The van der Waals surface area contributed by atoms with Gasteiger partial charge in [0.15, 0.2) is 0 Å². The number of Topliss-reactive ketones (excluding diaryl/α,β-unsaturated/α-hetero) is 1. The van der Waals surface area contributed by atoms with Crippen LogP contribution in [0.1, 0.15) is 17.4 Å². The molecule has 6 nitrogen and oxygen atoms in total. The van der Waals surface area contributed by atoms with Crippen molar-refractivity contribution in [1.82, 2.24) is 4.98 Å². The van der Waals surface area contributed by atoms with E-state index >= 15 is 0 Å². The molecule has 1 unspecified atom stereocenters. The van der Waals surface area contributed by atoms with E-state index in [4.69, 9.17) is 16.0 Å². The molecule has 1 aliphatic rings. The van der Waals surface area contributed by atoms with Gasteiger partial charge in [0.1, 0.15) is 23.4 Å². The summed E-state index contributed by atoms with van der Waals surface area (Å²) < 4.78 is 19.2. The van der Waals surface area contributed by atoms with E-state index in [9.17, 15) is 19.1 Å². The van der Waals surface area contributed by atoms with Gasteiger partial charge >= 0.3 is 0 Å². The number of fused-ring (bicyclic) bond motifs is 1. The highest BCUT2D eigenvalue weighted by molar-refractivity contribution is 6.52. The van der Waals surface area contributed by atoms with E-state index in [1.165, 1.54) is 18.4 Å². The molecular formula is C23H14ClFN2O4. The van der Waals surface area contributed by atoms with Crippen molar-refractivity contribution in [3.63, 3.8) is 0 Å². The molecule has 1 atom stereocenters. The number of aliphatic hydroxyl groups is 1. The molecule has 1 saturated heterocycles. The van der Waals surface area contributed by atoms with Crippen LogP contribution in [0.15, 0.2) is 77.0 Å². The van der Waals surface area contributed by atoms with Crippen molar-refractivity contribution in [2.45, 2.75) is 6.04 Å². The van der Waals surface area contributed by atoms with Crippen LogP contribution in [0.4, 0.5) is 10.1 Å². The number of anilines is 1. The monoisotopic (exact) mass is 436 g/mol. The molecule has 154 valence electrons. The molecular weight excluding hydrogens is 423 g/mol. The molecule has 31 heavy (non-hydrogen) atoms. The SMILES string of the molecule is O=C1C(=O)N(c2ccc(F)c(Cl)c2)C(c2ccco2)/C1=C(/O)c1c[nH]c2ccccc12. The molecule has 2 aromatic carbocycles. The fourth-order valence-electron chi connectivity index (χ4n) is 3.86. The van der Waals surface area contributed by atoms with Crippen LogP contribution in [0.3, 0.4) is 0 Å². The minimum atomic E-state index is -1.05. The van der Waals surface area contributed by atoms with E-state index < -0.39 is 23.5 Å². The summed E-state index contributed by atoms with van der Waals surface area (Å²) in [5, 5.41) is 11.6. The van der Waals surface area contributed by atoms with E-state index in [-0.39, 0.29) is 27.8 Å².